The fourth-order valence-corrected chi connectivity index (χ4v) is 7.09. The van der Waals surface area contributed by atoms with Crippen LogP contribution in [0.15, 0.2) is 48.5 Å². The largest absolute Gasteiger partial charge is 0.488 e. The number of rotatable bonds is 6. The molecule has 3 aromatic carbocycles. The summed E-state index contributed by atoms with van der Waals surface area (Å²) in [5.41, 5.74) is 11.6. The van der Waals surface area contributed by atoms with Crippen molar-refractivity contribution in [2.75, 3.05) is 32.8 Å². The van der Waals surface area contributed by atoms with E-state index in [1.54, 1.807) is 18.7 Å². The fraction of sp³-hybridized carbons (Fsp3) is 0.382. The van der Waals surface area contributed by atoms with Crippen molar-refractivity contribution in [3.05, 3.63) is 87.5 Å². The smallest absolute Gasteiger partial charge is 0.448 e. The van der Waals surface area contributed by atoms with Crippen molar-refractivity contribution < 1.29 is 26.0 Å². The van der Waals surface area contributed by atoms with Gasteiger partial charge in [0, 0.05) is 49.8 Å². The van der Waals surface area contributed by atoms with Crippen LogP contribution >= 0.6 is 0 Å². The Balaban J connectivity index is 1.28. The molecule has 2 aliphatic rings. The lowest BCUT2D eigenvalue weighted by Crippen LogP contribution is -2.48. The first-order valence-corrected chi connectivity index (χ1v) is 19.7. The zero-order valence-electron chi connectivity index (χ0n) is 26.2. The second kappa shape index (κ2) is 12.4. The molecule has 3 aromatic rings. The number of piperazine rings is 1. The molecule has 0 bridgehead atoms. The van der Waals surface area contributed by atoms with Crippen LogP contribution in [0.2, 0.25) is 19.6 Å². The van der Waals surface area contributed by atoms with Gasteiger partial charge in [0.05, 0.1) is 0 Å². The molecule has 0 unspecified atom stereocenters. The summed E-state index contributed by atoms with van der Waals surface area (Å²) in [5.74, 6) is 3.24. The maximum Gasteiger partial charge on any atom is 0.488 e. The average Bonchev–Trinajstić information content (AvgIpc) is 3.29. The number of carbonyl (C=O) groups excluding carboxylic acids is 1. The summed E-state index contributed by atoms with van der Waals surface area (Å²) in [6, 6.07) is 16.5. The second-order valence-electron chi connectivity index (χ2n) is 12.6. The van der Waals surface area contributed by atoms with Gasteiger partial charge in [-0.3, -0.25) is 4.90 Å². The number of benzene rings is 3. The molecule has 10 heteroatoms. The van der Waals surface area contributed by atoms with Crippen LogP contribution in [0.25, 0.3) is 11.1 Å². The predicted octanol–water partition coefficient (Wildman–Crippen LogP) is 6.50. The summed E-state index contributed by atoms with van der Waals surface area (Å²) in [5, 5.41) is 0. The molecule has 1 aliphatic heterocycles. The quantitative estimate of drug-likeness (QED) is 0.175. The zero-order chi connectivity index (χ0) is 31.8. The second-order valence-corrected chi connectivity index (χ2v) is 18.3. The maximum atomic E-state index is 13.7. The van der Waals surface area contributed by atoms with Crippen molar-refractivity contribution in [2.24, 2.45) is 0 Å². The Hall–Kier alpha value is -3.65. The summed E-state index contributed by atoms with van der Waals surface area (Å²) < 4.78 is 47.4. The topological polar surface area (TPSA) is 76.2 Å². The Kier molecular flexibility index (Phi) is 8.94. The number of ether oxygens (including phenoxy) is 1. The molecular weight excluding hydrogens is 596 g/mol. The molecule has 1 aliphatic carbocycles. The van der Waals surface area contributed by atoms with Crippen LogP contribution in [0.5, 0.6) is 5.75 Å². The molecule has 0 aromatic heterocycles. The summed E-state index contributed by atoms with van der Waals surface area (Å²) in [7, 11) is -6.96. The SMILES string of the molecule is Cc1c(C#C[Si](C)(C)C)c(C)c(OS(=O)(=O)F)c(C)c1CN1CCN(C(=O)OCC2c3ccccc3-c3ccccc32)CC1. The van der Waals surface area contributed by atoms with Crippen molar-refractivity contribution >= 4 is 24.7 Å². The lowest BCUT2D eigenvalue weighted by molar-refractivity contribution is 0.0727. The molecule has 0 N–H and O–H groups in total. The standard InChI is InChI=1S/C34H39FN2O5SSi/c1-23-26(15-20-44(4,5)6)24(2)33(42-43(35,39)40)25(3)31(23)21-36-16-18-37(19-17-36)34(38)41-22-32-29-13-9-7-11-27(29)28-12-8-10-14-30(28)32/h7-14,32H,16-19,21-22H2,1-6H3. The third kappa shape index (κ3) is 6.85. The molecule has 7 nitrogen and oxygen atoms in total. The Morgan fingerprint density at radius 1 is 0.909 bits per heavy atom. The summed E-state index contributed by atoms with van der Waals surface area (Å²) in [6.45, 7) is 14.7. The number of halogens is 1. The van der Waals surface area contributed by atoms with E-state index < -0.39 is 18.6 Å². The Morgan fingerprint density at radius 3 is 2.02 bits per heavy atom. The van der Waals surface area contributed by atoms with Crippen LogP contribution in [-0.4, -0.2) is 65.2 Å². The molecule has 0 spiro atoms. The van der Waals surface area contributed by atoms with Crippen molar-refractivity contribution in [2.45, 2.75) is 52.9 Å². The van der Waals surface area contributed by atoms with Gasteiger partial charge in [-0.2, -0.15) is 8.42 Å². The maximum absolute atomic E-state index is 13.7. The predicted molar refractivity (Wildman–Crippen MR) is 173 cm³/mol. The van der Waals surface area contributed by atoms with Crippen molar-refractivity contribution in [3.8, 4) is 28.3 Å². The van der Waals surface area contributed by atoms with E-state index in [0.29, 0.717) is 49.4 Å². The molecule has 1 amide bonds. The minimum atomic E-state index is -5.22. The van der Waals surface area contributed by atoms with Gasteiger partial charge >= 0.3 is 16.6 Å². The molecule has 0 radical (unpaired) electrons. The summed E-state index contributed by atoms with van der Waals surface area (Å²) >= 11 is 0. The molecule has 44 heavy (non-hydrogen) atoms. The molecular formula is C34H39FN2O5SSi. The Morgan fingerprint density at radius 2 is 1.48 bits per heavy atom. The highest BCUT2D eigenvalue weighted by atomic mass is 32.3. The number of amides is 1. The van der Waals surface area contributed by atoms with Gasteiger partial charge in [0.1, 0.15) is 14.7 Å². The van der Waals surface area contributed by atoms with E-state index in [9.17, 15) is 17.1 Å². The van der Waals surface area contributed by atoms with Crippen molar-refractivity contribution in [1.29, 1.82) is 0 Å². The number of fused-ring (bicyclic) bond motifs is 3. The fourth-order valence-electron chi connectivity index (χ4n) is 6.14. The Bertz CT molecular complexity index is 1720. The van der Waals surface area contributed by atoms with Gasteiger partial charge in [0.15, 0.2) is 5.75 Å². The van der Waals surface area contributed by atoms with E-state index in [2.05, 4.69) is 60.3 Å². The molecule has 0 atom stereocenters. The lowest BCUT2D eigenvalue weighted by Gasteiger charge is -2.35. The van der Waals surface area contributed by atoms with Gasteiger partial charge < -0.3 is 13.8 Å². The van der Waals surface area contributed by atoms with Crippen molar-refractivity contribution in [1.82, 2.24) is 9.80 Å². The Labute approximate surface area is 261 Å². The molecule has 5 rings (SSSR count). The van der Waals surface area contributed by atoms with Crippen LogP contribution in [0.4, 0.5) is 8.68 Å². The van der Waals surface area contributed by atoms with E-state index >= 15 is 0 Å². The third-order valence-electron chi connectivity index (χ3n) is 8.43. The zero-order valence-corrected chi connectivity index (χ0v) is 28.0. The highest BCUT2D eigenvalue weighted by molar-refractivity contribution is 7.81. The van der Waals surface area contributed by atoms with Gasteiger partial charge in [0.2, 0.25) is 0 Å². The van der Waals surface area contributed by atoms with E-state index in [1.165, 1.54) is 22.3 Å². The average molecular weight is 635 g/mol. The minimum absolute atomic E-state index is 0.00271. The van der Waals surface area contributed by atoms with Crippen LogP contribution < -0.4 is 4.18 Å². The normalized spacial score (nSPS) is 15.3. The van der Waals surface area contributed by atoms with Crippen LogP contribution in [-0.2, 0) is 21.8 Å². The van der Waals surface area contributed by atoms with E-state index in [1.807, 2.05) is 31.2 Å². The van der Waals surface area contributed by atoms with Gasteiger partial charge in [0.25, 0.3) is 0 Å². The number of hydrogen-bond acceptors (Lipinski definition) is 6. The first-order valence-electron chi connectivity index (χ1n) is 14.9. The number of carbonyl (C=O) groups is 1. The summed E-state index contributed by atoms with van der Waals surface area (Å²) in [4.78, 5) is 17.1. The monoisotopic (exact) mass is 634 g/mol. The minimum Gasteiger partial charge on any atom is -0.448 e. The molecule has 0 saturated carbocycles. The van der Waals surface area contributed by atoms with E-state index in [4.69, 9.17) is 8.92 Å². The molecule has 232 valence electrons. The molecule has 1 heterocycles. The van der Waals surface area contributed by atoms with E-state index in [0.717, 1.165) is 11.1 Å². The highest BCUT2D eigenvalue weighted by Crippen LogP contribution is 2.44. The highest BCUT2D eigenvalue weighted by Gasteiger charge is 2.31. The first kappa shape index (κ1) is 31.8. The van der Waals surface area contributed by atoms with E-state index in [-0.39, 0.29) is 24.4 Å². The van der Waals surface area contributed by atoms with Crippen LogP contribution in [0, 0.1) is 32.2 Å². The van der Waals surface area contributed by atoms with Gasteiger partial charge in [-0.15, -0.1) is 5.54 Å². The number of hydrogen-bond donors (Lipinski definition) is 0. The van der Waals surface area contributed by atoms with Crippen LogP contribution in [0.3, 0.4) is 0 Å². The third-order valence-corrected chi connectivity index (χ3v) is 9.67. The van der Waals surface area contributed by atoms with Crippen LogP contribution in [0.1, 0.15) is 44.9 Å². The molecule has 1 saturated heterocycles. The van der Waals surface area contributed by atoms with Gasteiger partial charge in [-0.25, -0.2) is 4.79 Å². The number of nitrogens with zero attached hydrogens (tertiary/aromatic N) is 2. The molecule has 1 fully saturated rings. The van der Waals surface area contributed by atoms with Gasteiger partial charge in [-0.05, 0) is 59.7 Å². The summed E-state index contributed by atoms with van der Waals surface area (Å²) in [6.07, 6.45) is -0.332. The first-order chi connectivity index (χ1) is 20.7. The van der Waals surface area contributed by atoms with Crippen molar-refractivity contribution in [3.63, 3.8) is 0 Å². The lowest BCUT2D eigenvalue weighted by atomic mass is 9.92. The van der Waals surface area contributed by atoms with Gasteiger partial charge in [-0.1, -0.05) is 78.0 Å².